The Morgan fingerprint density at radius 1 is 1.00 bits per heavy atom. The van der Waals surface area contributed by atoms with Crippen molar-refractivity contribution in [2.24, 2.45) is 0 Å². The summed E-state index contributed by atoms with van der Waals surface area (Å²) in [7, 11) is 0. The number of aryl methyl sites for hydroxylation is 2. The first-order chi connectivity index (χ1) is 11.2. The number of hydrogen-bond acceptors (Lipinski definition) is 2. The van der Waals surface area contributed by atoms with Gasteiger partial charge >= 0.3 is 6.03 Å². The summed E-state index contributed by atoms with van der Waals surface area (Å²) in [6.07, 6.45) is 5.21. The Hall–Kier alpha value is -2.07. The molecule has 0 spiro atoms. The van der Waals surface area contributed by atoms with Crippen molar-refractivity contribution in [3.05, 3.63) is 41.5 Å². The number of urea groups is 1. The van der Waals surface area contributed by atoms with Crippen LogP contribution in [0.1, 0.15) is 36.8 Å². The molecule has 0 radical (unpaired) electrons. The fourth-order valence-corrected chi connectivity index (χ4v) is 3.92. The molecule has 4 heteroatoms. The van der Waals surface area contributed by atoms with E-state index >= 15 is 0 Å². The summed E-state index contributed by atoms with van der Waals surface area (Å²) in [4.78, 5) is 12.3. The van der Waals surface area contributed by atoms with Gasteiger partial charge in [0.1, 0.15) is 0 Å². The normalized spacial score (nSPS) is 23.0. The second kappa shape index (κ2) is 5.85. The molecule has 4 nitrogen and oxygen atoms in total. The van der Waals surface area contributed by atoms with Crippen LogP contribution in [0.15, 0.2) is 30.3 Å². The van der Waals surface area contributed by atoms with Crippen LogP contribution in [-0.4, -0.2) is 23.3 Å². The standard InChI is InChI=1S/C19H22N2O2/c22-15-9-7-14(8-10-15)20-19(23)21-17-11-6-13-5-4-12-2-1-3-16(17)18(12)13/h1-3,6,11,14-15,22H,4-5,7-10H2,(H2,20,21,23). The lowest BCUT2D eigenvalue weighted by atomic mass is 9.93. The largest absolute Gasteiger partial charge is 0.393 e. The highest BCUT2D eigenvalue weighted by Gasteiger charge is 2.21. The molecule has 2 aliphatic carbocycles. The van der Waals surface area contributed by atoms with Crippen molar-refractivity contribution in [2.75, 3.05) is 5.32 Å². The number of rotatable bonds is 2. The molecule has 4 rings (SSSR count). The molecule has 3 N–H and O–H groups in total. The average Bonchev–Trinajstić information content (AvgIpc) is 2.97. The number of benzene rings is 2. The SMILES string of the molecule is O=C(Nc1ccc2c3c(cccc13)CC2)NC1CCC(O)CC1. The number of aliphatic hydroxyl groups is 1. The van der Waals surface area contributed by atoms with Gasteiger partial charge in [-0.1, -0.05) is 24.3 Å². The Kier molecular flexibility index (Phi) is 3.69. The summed E-state index contributed by atoms with van der Waals surface area (Å²) in [5, 5.41) is 18.0. The third-order valence-corrected chi connectivity index (χ3v) is 5.16. The second-order valence-corrected chi connectivity index (χ2v) is 6.72. The number of hydrogen-bond donors (Lipinski definition) is 3. The molecule has 23 heavy (non-hydrogen) atoms. The first-order valence-electron chi connectivity index (χ1n) is 8.50. The summed E-state index contributed by atoms with van der Waals surface area (Å²) >= 11 is 0. The van der Waals surface area contributed by atoms with Gasteiger partial charge in [0, 0.05) is 11.4 Å². The third-order valence-electron chi connectivity index (χ3n) is 5.16. The van der Waals surface area contributed by atoms with Crippen molar-refractivity contribution in [1.29, 1.82) is 0 Å². The van der Waals surface area contributed by atoms with E-state index in [-0.39, 0.29) is 18.2 Å². The van der Waals surface area contributed by atoms with Gasteiger partial charge in [0.15, 0.2) is 0 Å². The summed E-state index contributed by atoms with van der Waals surface area (Å²) < 4.78 is 0. The maximum Gasteiger partial charge on any atom is 0.319 e. The monoisotopic (exact) mass is 310 g/mol. The van der Waals surface area contributed by atoms with Crippen molar-refractivity contribution < 1.29 is 9.90 Å². The Morgan fingerprint density at radius 3 is 2.52 bits per heavy atom. The van der Waals surface area contributed by atoms with E-state index in [2.05, 4.69) is 34.9 Å². The van der Waals surface area contributed by atoms with Crippen LogP contribution in [0.4, 0.5) is 10.5 Å². The van der Waals surface area contributed by atoms with Crippen LogP contribution in [0.25, 0.3) is 10.8 Å². The first-order valence-corrected chi connectivity index (χ1v) is 8.50. The van der Waals surface area contributed by atoms with Crippen LogP contribution in [-0.2, 0) is 12.8 Å². The zero-order valence-corrected chi connectivity index (χ0v) is 13.1. The molecule has 0 unspecified atom stereocenters. The summed E-state index contributed by atoms with van der Waals surface area (Å²) in [6, 6.07) is 10.5. The van der Waals surface area contributed by atoms with Gasteiger partial charge in [-0.3, -0.25) is 0 Å². The second-order valence-electron chi connectivity index (χ2n) is 6.72. The van der Waals surface area contributed by atoms with Crippen molar-refractivity contribution in [3.8, 4) is 0 Å². The lowest BCUT2D eigenvalue weighted by Gasteiger charge is -2.26. The van der Waals surface area contributed by atoms with Gasteiger partial charge in [-0.15, -0.1) is 0 Å². The van der Waals surface area contributed by atoms with Crippen LogP contribution < -0.4 is 10.6 Å². The smallest absolute Gasteiger partial charge is 0.319 e. The Bertz CT molecular complexity index is 738. The molecule has 2 amide bonds. The quantitative estimate of drug-likeness (QED) is 0.796. The molecule has 1 fully saturated rings. The van der Waals surface area contributed by atoms with Crippen molar-refractivity contribution in [3.63, 3.8) is 0 Å². The van der Waals surface area contributed by atoms with Crippen LogP contribution >= 0.6 is 0 Å². The van der Waals surface area contributed by atoms with Crippen LogP contribution in [0.3, 0.4) is 0 Å². The van der Waals surface area contributed by atoms with E-state index < -0.39 is 0 Å². The molecule has 0 heterocycles. The predicted octanol–water partition coefficient (Wildman–Crippen LogP) is 3.36. The number of amides is 2. The van der Waals surface area contributed by atoms with E-state index in [0.717, 1.165) is 49.6 Å². The van der Waals surface area contributed by atoms with Gasteiger partial charge < -0.3 is 15.7 Å². The van der Waals surface area contributed by atoms with Crippen molar-refractivity contribution in [2.45, 2.75) is 50.7 Å². The van der Waals surface area contributed by atoms with Gasteiger partial charge in [-0.2, -0.15) is 0 Å². The highest BCUT2D eigenvalue weighted by molar-refractivity contribution is 6.04. The Labute approximate surface area is 135 Å². The average molecular weight is 310 g/mol. The minimum atomic E-state index is -0.201. The number of carbonyl (C=O) groups excluding carboxylic acids is 1. The topological polar surface area (TPSA) is 61.4 Å². The fourth-order valence-electron chi connectivity index (χ4n) is 3.92. The molecule has 0 atom stereocenters. The van der Waals surface area contributed by atoms with E-state index in [4.69, 9.17) is 0 Å². The third kappa shape index (κ3) is 2.79. The summed E-state index contributed by atoms with van der Waals surface area (Å²) in [6.45, 7) is 0. The first kappa shape index (κ1) is 14.5. The minimum absolute atomic E-state index is 0.148. The lowest BCUT2D eigenvalue weighted by Crippen LogP contribution is -2.40. The van der Waals surface area contributed by atoms with Gasteiger partial charge in [0.05, 0.1) is 11.8 Å². The maximum atomic E-state index is 12.3. The minimum Gasteiger partial charge on any atom is -0.393 e. The molecular weight excluding hydrogens is 288 g/mol. The number of anilines is 1. The van der Waals surface area contributed by atoms with E-state index in [9.17, 15) is 9.90 Å². The zero-order chi connectivity index (χ0) is 15.8. The van der Waals surface area contributed by atoms with E-state index in [0.29, 0.717) is 0 Å². The van der Waals surface area contributed by atoms with Crippen molar-refractivity contribution >= 4 is 22.5 Å². The lowest BCUT2D eigenvalue weighted by molar-refractivity contribution is 0.118. The van der Waals surface area contributed by atoms with Gasteiger partial charge in [0.25, 0.3) is 0 Å². The highest BCUT2D eigenvalue weighted by Crippen LogP contribution is 2.35. The van der Waals surface area contributed by atoms with E-state index in [1.807, 2.05) is 6.07 Å². The number of nitrogens with one attached hydrogen (secondary N) is 2. The van der Waals surface area contributed by atoms with Gasteiger partial charge in [0.2, 0.25) is 0 Å². The molecule has 2 aliphatic rings. The molecule has 120 valence electrons. The van der Waals surface area contributed by atoms with Gasteiger partial charge in [-0.05, 0) is 61.1 Å². The molecule has 2 aromatic carbocycles. The summed E-state index contributed by atoms with van der Waals surface area (Å²) in [5.41, 5.74) is 3.63. The predicted molar refractivity (Wildman–Crippen MR) is 91.8 cm³/mol. The van der Waals surface area contributed by atoms with Gasteiger partial charge in [-0.25, -0.2) is 4.79 Å². The maximum absolute atomic E-state index is 12.3. The van der Waals surface area contributed by atoms with E-state index in [1.165, 1.54) is 16.5 Å². The molecule has 2 aromatic rings. The molecule has 0 saturated heterocycles. The van der Waals surface area contributed by atoms with E-state index in [1.54, 1.807) is 0 Å². The Balaban J connectivity index is 1.51. The fraction of sp³-hybridized carbons (Fsp3) is 0.421. The number of carbonyl (C=O) groups is 1. The Morgan fingerprint density at radius 2 is 1.74 bits per heavy atom. The van der Waals surface area contributed by atoms with Crippen LogP contribution in [0, 0.1) is 0 Å². The molecule has 0 aliphatic heterocycles. The van der Waals surface area contributed by atoms with Crippen LogP contribution in [0.2, 0.25) is 0 Å². The molecule has 0 aromatic heterocycles. The molecule has 1 saturated carbocycles. The number of aliphatic hydroxyl groups excluding tert-OH is 1. The van der Waals surface area contributed by atoms with Crippen molar-refractivity contribution in [1.82, 2.24) is 5.32 Å². The highest BCUT2D eigenvalue weighted by atomic mass is 16.3. The molecule has 0 bridgehead atoms. The van der Waals surface area contributed by atoms with Crippen LogP contribution in [0.5, 0.6) is 0 Å². The zero-order valence-electron chi connectivity index (χ0n) is 13.1. The summed E-state index contributed by atoms with van der Waals surface area (Å²) in [5.74, 6) is 0. The molecular formula is C19H22N2O2.